The molecule has 0 spiro atoms. The first kappa shape index (κ1) is 11.2. The van der Waals surface area contributed by atoms with Crippen LogP contribution < -0.4 is 4.90 Å². The number of anilines is 1. The Bertz CT molecular complexity index is 392. The zero-order valence-electron chi connectivity index (χ0n) is 10.3. The Balaban J connectivity index is 2.26. The first-order chi connectivity index (χ1) is 7.49. The van der Waals surface area contributed by atoms with Gasteiger partial charge in [-0.1, -0.05) is 17.7 Å². The van der Waals surface area contributed by atoms with Gasteiger partial charge in [0.05, 0.1) is 0 Å². The lowest BCUT2D eigenvalue weighted by molar-refractivity contribution is -0.121. The van der Waals surface area contributed by atoms with Crippen molar-refractivity contribution < 1.29 is 4.79 Å². The van der Waals surface area contributed by atoms with Crippen LogP contribution in [0.4, 0.5) is 5.69 Å². The summed E-state index contributed by atoms with van der Waals surface area (Å²) in [7, 11) is 0. The predicted molar refractivity (Wildman–Crippen MR) is 66.8 cm³/mol. The molecular formula is C14H19NO. The Labute approximate surface area is 97.3 Å². The third kappa shape index (κ3) is 2.11. The normalized spacial score (nSPS) is 19.9. The number of hydrogen-bond acceptors (Lipinski definition) is 2. The van der Waals surface area contributed by atoms with Gasteiger partial charge < -0.3 is 4.90 Å². The molecule has 16 heavy (non-hydrogen) atoms. The molecule has 2 heteroatoms. The topological polar surface area (TPSA) is 20.3 Å². The number of hydrogen-bond donors (Lipinski definition) is 0. The number of carbonyl (C=O) groups excluding carboxylic acids is 1. The molecule has 0 amide bonds. The predicted octanol–water partition coefficient (Wildman–Crippen LogP) is 2.94. The summed E-state index contributed by atoms with van der Waals surface area (Å²) in [5.41, 5.74) is 2.45. The van der Waals surface area contributed by atoms with Crippen LogP contribution >= 0.6 is 0 Å². The van der Waals surface area contributed by atoms with Crippen molar-refractivity contribution in [2.24, 2.45) is 0 Å². The molecule has 1 aromatic rings. The fraction of sp³-hybridized carbons (Fsp3) is 0.500. The van der Waals surface area contributed by atoms with Crippen molar-refractivity contribution in [1.82, 2.24) is 0 Å². The largest absolute Gasteiger partial charge is 0.366 e. The van der Waals surface area contributed by atoms with Gasteiger partial charge in [-0.3, -0.25) is 4.79 Å². The van der Waals surface area contributed by atoms with Crippen molar-refractivity contribution in [2.45, 2.75) is 39.2 Å². The van der Waals surface area contributed by atoms with Crippen LogP contribution in [0, 0.1) is 6.92 Å². The molecule has 0 aliphatic carbocycles. The maximum absolute atomic E-state index is 11.5. The molecule has 2 rings (SSSR count). The van der Waals surface area contributed by atoms with Crippen molar-refractivity contribution >= 4 is 11.5 Å². The van der Waals surface area contributed by atoms with E-state index in [1.165, 1.54) is 11.3 Å². The molecule has 0 atom stereocenters. The molecule has 0 aromatic heterocycles. The highest BCUT2D eigenvalue weighted by atomic mass is 16.1. The fourth-order valence-electron chi connectivity index (χ4n) is 2.41. The summed E-state index contributed by atoms with van der Waals surface area (Å²) in [6.45, 7) is 7.22. The Kier molecular flexibility index (Phi) is 2.75. The van der Waals surface area contributed by atoms with E-state index in [0.29, 0.717) is 18.6 Å². The zero-order valence-corrected chi connectivity index (χ0v) is 10.3. The van der Waals surface area contributed by atoms with Gasteiger partial charge in [0.2, 0.25) is 0 Å². The lowest BCUT2D eigenvalue weighted by Crippen LogP contribution is -2.50. The standard InChI is InChI=1S/C14H19NO/c1-11-4-6-12(7-5-11)15-9-8-13(16)10-14(15,2)3/h4-7H,8-10H2,1-3H3. The maximum atomic E-state index is 11.5. The van der Waals surface area contributed by atoms with Gasteiger partial charge in [-0.25, -0.2) is 0 Å². The number of ketones is 1. The second kappa shape index (κ2) is 3.93. The summed E-state index contributed by atoms with van der Waals surface area (Å²) in [6.07, 6.45) is 1.33. The highest BCUT2D eigenvalue weighted by Crippen LogP contribution is 2.30. The molecule has 0 bridgehead atoms. The van der Waals surface area contributed by atoms with Gasteiger partial charge >= 0.3 is 0 Å². The van der Waals surface area contributed by atoms with Crippen molar-refractivity contribution in [3.8, 4) is 0 Å². The smallest absolute Gasteiger partial charge is 0.136 e. The number of nitrogens with zero attached hydrogens (tertiary/aromatic N) is 1. The molecule has 1 saturated heterocycles. The highest BCUT2D eigenvalue weighted by molar-refractivity contribution is 5.82. The van der Waals surface area contributed by atoms with Gasteiger partial charge in [0.1, 0.15) is 5.78 Å². The third-order valence-electron chi connectivity index (χ3n) is 3.32. The Morgan fingerprint density at radius 3 is 2.38 bits per heavy atom. The van der Waals surface area contributed by atoms with E-state index in [-0.39, 0.29) is 5.54 Å². The maximum Gasteiger partial charge on any atom is 0.136 e. The molecule has 1 aliphatic rings. The van der Waals surface area contributed by atoms with Crippen molar-refractivity contribution in [3.63, 3.8) is 0 Å². The fourth-order valence-corrected chi connectivity index (χ4v) is 2.41. The zero-order chi connectivity index (χ0) is 11.8. The second-order valence-corrected chi connectivity index (χ2v) is 5.27. The minimum absolute atomic E-state index is 0.0510. The van der Waals surface area contributed by atoms with Crippen LogP contribution in [-0.4, -0.2) is 17.9 Å². The van der Waals surface area contributed by atoms with Crippen LogP contribution in [0.3, 0.4) is 0 Å². The SMILES string of the molecule is Cc1ccc(N2CCC(=O)CC2(C)C)cc1. The number of piperidine rings is 1. The summed E-state index contributed by atoms with van der Waals surface area (Å²) >= 11 is 0. The molecule has 0 radical (unpaired) electrons. The number of Topliss-reactive ketones (excluding diaryl/α,β-unsaturated/α-hetero) is 1. The molecule has 2 nitrogen and oxygen atoms in total. The van der Waals surface area contributed by atoms with Gasteiger partial charge in [-0.2, -0.15) is 0 Å². The molecule has 1 aromatic carbocycles. The van der Waals surface area contributed by atoms with E-state index in [9.17, 15) is 4.79 Å². The number of aryl methyl sites for hydroxylation is 1. The lowest BCUT2D eigenvalue weighted by atomic mass is 9.89. The lowest BCUT2D eigenvalue weighted by Gasteiger charge is -2.43. The summed E-state index contributed by atoms with van der Waals surface area (Å²) in [5, 5.41) is 0. The first-order valence-electron chi connectivity index (χ1n) is 5.85. The molecule has 0 saturated carbocycles. The van der Waals surface area contributed by atoms with Crippen molar-refractivity contribution in [1.29, 1.82) is 0 Å². The molecule has 86 valence electrons. The van der Waals surface area contributed by atoms with Crippen LogP contribution in [0.2, 0.25) is 0 Å². The average Bonchev–Trinajstić information content (AvgIpc) is 2.18. The van der Waals surface area contributed by atoms with Crippen LogP contribution in [0.25, 0.3) is 0 Å². The summed E-state index contributed by atoms with van der Waals surface area (Å²) in [5.74, 6) is 0.383. The molecular weight excluding hydrogens is 198 g/mol. The van der Waals surface area contributed by atoms with Crippen LogP contribution in [0.15, 0.2) is 24.3 Å². The van der Waals surface area contributed by atoms with Gasteiger partial charge in [0.15, 0.2) is 0 Å². The van der Waals surface area contributed by atoms with Gasteiger partial charge in [-0.15, -0.1) is 0 Å². The van der Waals surface area contributed by atoms with Gasteiger partial charge in [0, 0.05) is 30.6 Å². The minimum atomic E-state index is -0.0510. The molecule has 1 aliphatic heterocycles. The third-order valence-corrected chi connectivity index (χ3v) is 3.32. The number of rotatable bonds is 1. The summed E-state index contributed by atoms with van der Waals surface area (Å²) < 4.78 is 0. The molecule has 1 heterocycles. The number of benzene rings is 1. The van der Waals surface area contributed by atoms with E-state index in [1.807, 2.05) is 0 Å². The van der Waals surface area contributed by atoms with Crippen molar-refractivity contribution in [2.75, 3.05) is 11.4 Å². The first-order valence-corrected chi connectivity index (χ1v) is 5.85. The molecule has 0 unspecified atom stereocenters. The molecule has 0 N–H and O–H groups in total. The Morgan fingerprint density at radius 1 is 1.19 bits per heavy atom. The van der Waals surface area contributed by atoms with E-state index in [1.54, 1.807) is 0 Å². The van der Waals surface area contributed by atoms with Crippen LogP contribution in [-0.2, 0) is 4.79 Å². The van der Waals surface area contributed by atoms with E-state index in [2.05, 4.69) is 49.9 Å². The highest BCUT2D eigenvalue weighted by Gasteiger charge is 2.33. The second-order valence-electron chi connectivity index (χ2n) is 5.27. The van der Waals surface area contributed by atoms with Crippen LogP contribution in [0.5, 0.6) is 0 Å². The minimum Gasteiger partial charge on any atom is -0.366 e. The Morgan fingerprint density at radius 2 is 1.81 bits per heavy atom. The molecule has 1 fully saturated rings. The van der Waals surface area contributed by atoms with E-state index in [0.717, 1.165) is 6.54 Å². The van der Waals surface area contributed by atoms with E-state index < -0.39 is 0 Å². The van der Waals surface area contributed by atoms with Gasteiger partial charge in [0.25, 0.3) is 0 Å². The van der Waals surface area contributed by atoms with E-state index >= 15 is 0 Å². The Hall–Kier alpha value is -1.31. The van der Waals surface area contributed by atoms with Gasteiger partial charge in [-0.05, 0) is 32.9 Å². The summed E-state index contributed by atoms with van der Waals surface area (Å²) in [4.78, 5) is 13.8. The van der Waals surface area contributed by atoms with Crippen molar-refractivity contribution in [3.05, 3.63) is 29.8 Å². The van der Waals surface area contributed by atoms with Crippen LogP contribution in [0.1, 0.15) is 32.3 Å². The average molecular weight is 217 g/mol. The monoisotopic (exact) mass is 217 g/mol. The quantitative estimate of drug-likeness (QED) is 0.721. The summed E-state index contributed by atoms with van der Waals surface area (Å²) in [6, 6.07) is 8.55. The number of carbonyl (C=O) groups is 1. The van der Waals surface area contributed by atoms with E-state index in [4.69, 9.17) is 0 Å².